The largest absolute Gasteiger partial charge is 0.342 e. The van der Waals surface area contributed by atoms with Gasteiger partial charge in [0.05, 0.1) is 12.2 Å². The molecule has 1 heterocycles. The Hall–Kier alpha value is -2.01. The fourth-order valence-corrected chi connectivity index (χ4v) is 2.31. The number of hydrogen-bond acceptors (Lipinski definition) is 7. The highest BCUT2D eigenvalue weighted by Gasteiger charge is 2.32. The van der Waals surface area contributed by atoms with Crippen molar-refractivity contribution < 1.29 is 37.0 Å². The van der Waals surface area contributed by atoms with Crippen LogP contribution in [0.2, 0.25) is 0 Å². The van der Waals surface area contributed by atoms with Crippen LogP contribution in [-0.4, -0.2) is 65.5 Å². The number of imide groups is 1. The van der Waals surface area contributed by atoms with E-state index in [0.29, 0.717) is 5.06 Å². The minimum absolute atomic E-state index is 0.0235. The summed E-state index contributed by atoms with van der Waals surface area (Å²) in [4.78, 5) is 51.7. The van der Waals surface area contributed by atoms with Crippen molar-refractivity contribution in [3.05, 3.63) is 0 Å². The van der Waals surface area contributed by atoms with Crippen molar-refractivity contribution in [2.45, 2.75) is 32.6 Å². The molecule has 130 valence electrons. The zero-order valence-corrected chi connectivity index (χ0v) is 13.4. The number of carbonyl (C=O) groups is 4. The maximum Gasteiger partial charge on any atom is 0.333 e. The molecule has 23 heavy (non-hydrogen) atoms. The Morgan fingerprint density at radius 3 is 2.26 bits per heavy atom. The minimum atomic E-state index is -4.19. The first kappa shape index (κ1) is 19.0. The smallest absolute Gasteiger partial charge is 0.333 e. The van der Waals surface area contributed by atoms with Gasteiger partial charge in [-0.05, 0) is 6.92 Å². The van der Waals surface area contributed by atoms with Gasteiger partial charge in [0.1, 0.15) is 0 Å². The highest BCUT2D eigenvalue weighted by molar-refractivity contribution is 7.85. The summed E-state index contributed by atoms with van der Waals surface area (Å²) in [6.07, 6.45) is -0.679. The monoisotopic (exact) mass is 350 g/mol. The lowest BCUT2D eigenvalue weighted by molar-refractivity contribution is -0.197. The van der Waals surface area contributed by atoms with Crippen LogP contribution in [0.5, 0.6) is 0 Å². The molecule has 11 heteroatoms. The highest BCUT2D eigenvalue weighted by Crippen LogP contribution is 2.13. The van der Waals surface area contributed by atoms with Gasteiger partial charge >= 0.3 is 5.97 Å². The highest BCUT2D eigenvalue weighted by atomic mass is 32.2. The third-order valence-electron chi connectivity index (χ3n) is 3.10. The van der Waals surface area contributed by atoms with Crippen molar-refractivity contribution >= 4 is 33.8 Å². The SMILES string of the molecule is CCN(CCS(=O)(=O)O)C(=O)CCC(=O)ON1C(=O)CCC1=O. The molecule has 0 aromatic heterocycles. The van der Waals surface area contributed by atoms with Crippen LogP contribution < -0.4 is 0 Å². The van der Waals surface area contributed by atoms with Crippen molar-refractivity contribution in [1.29, 1.82) is 0 Å². The van der Waals surface area contributed by atoms with E-state index in [1.807, 2.05) is 0 Å². The van der Waals surface area contributed by atoms with Gasteiger partial charge in [0.25, 0.3) is 21.9 Å². The van der Waals surface area contributed by atoms with Gasteiger partial charge in [0, 0.05) is 32.4 Å². The van der Waals surface area contributed by atoms with Crippen LogP contribution >= 0.6 is 0 Å². The molecule has 0 spiro atoms. The molecule has 0 aliphatic carbocycles. The van der Waals surface area contributed by atoms with E-state index in [-0.39, 0.29) is 38.8 Å². The molecule has 1 saturated heterocycles. The Morgan fingerprint density at radius 1 is 1.22 bits per heavy atom. The van der Waals surface area contributed by atoms with Gasteiger partial charge in [-0.2, -0.15) is 8.42 Å². The van der Waals surface area contributed by atoms with Gasteiger partial charge in [-0.3, -0.25) is 18.9 Å². The quantitative estimate of drug-likeness (QED) is 0.439. The molecule has 0 aromatic rings. The predicted molar refractivity (Wildman–Crippen MR) is 75.1 cm³/mol. The lowest BCUT2D eigenvalue weighted by Gasteiger charge is -2.20. The molecule has 10 nitrogen and oxygen atoms in total. The summed E-state index contributed by atoms with van der Waals surface area (Å²) >= 11 is 0. The maximum atomic E-state index is 11.9. The molecule has 0 radical (unpaired) electrons. The molecule has 1 N–H and O–H groups in total. The Balaban J connectivity index is 2.43. The van der Waals surface area contributed by atoms with E-state index in [1.54, 1.807) is 6.92 Å². The molecule has 0 bridgehead atoms. The molecule has 0 atom stereocenters. The normalized spacial score (nSPS) is 15.0. The second-order valence-corrected chi connectivity index (χ2v) is 6.38. The van der Waals surface area contributed by atoms with E-state index in [9.17, 15) is 27.6 Å². The van der Waals surface area contributed by atoms with Crippen LogP contribution in [0.15, 0.2) is 0 Å². The summed E-state index contributed by atoms with van der Waals surface area (Å²) in [5.41, 5.74) is 0. The molecule has 3 amide bonds. The molecule has 0 aromatic carbocycles. The van der Waals surface area contributed by atoms with Crippen LogP contribution in [0.3, 0.4) is 0 Å². The number of amides is 3. The first-order valence-electron chi connectivity index (χ1n) is 6.93. The first-order valence-corrected chi connectivity index (χ1v) is 8.54. The maximum absolute atomic E-state index is 11.9. The second kappa shape index (κ2) is 8.02. The van der Waals surface area contributed by atoms with Crippen LogP contribution in [0.1, 0.15) is 32.6 Å². The molecule has 0 unspecified atom stereocenters. The van der Waals surface area contributed by atoms with E-state index in [1.165, 1.54) is 0 Å². The van der Waals surface area contributed by atoms with Gasteiger partial charge < -0.3 is 9.74 Å². The zero-order chi connectivity index (χ0) is 17.6. The van der Waals surface area contributed by atoms with Crippen LogP contribution in [0, 0.1) is 0 Å². The number of rotatable bonds is 8. The fraction of sp³-hybridized carbons (Fsp3) is 0.667. The van der Waals surface area contributed by atoms with Crippen molar-refractivity contribution in [1.82, 2.24) is 9.96 Å². The van der Waals surface area contributed by atoms with Gasteiger partial charge in [-0.1, -0.05) is 0 Å². The number of nitrogens with zero attached hydrogens (tertiary/aromatic N) is 2. The molecule has 0 saturated carbocycles. The van der Waals surface area contributed by atoms with Crippen molar-refractivity contribution in [3.63, 3.8) is 0 Å². The van der Waals surface area contributed by atoms with Gasteiger partial charge in [0.15, 0.2) is 0 Å². The van der Waals surface area contributed by atoms with Gasteiger partial charge in [-0.25, -0.2) is 4.79 Å². The lowest BCUT2D eigenvalue weighted by atomic mass is 10.3. The Bertz CT molecular complexity index is 584. The topological polar surface area (TPSA) is 138 Å². The summed E-state index contributed by atoms with van der Waals surface area (Å²) in [6.45, 7) is 1.61. The van der Waals surface area contributed by atoms with E-state index >= 15 is 0 Å². The zero-order valence-electron chi connectivity index (χ0n) is 12.6. The first-order chi connectivity index (χ1) is 10.6. The Labute approximate surface area is 133 Å². The summed E-state index contributed by atoms with van der Waals surface area (Å²) in [5, 5.41) is 0.392. The lowest BCUT2D eigenvalue weighted by Crippen LogP contribution is -2.36. The third kappa shape index (κ3) is 6.32. The Morgan fingerprint density at radius 2 is 1.78 bits per heavy atom. The summed E-state index contributed by atoms with van der Waals surface area (Å²) in [6, 6.07) is 0. The van der Waals surface area contributed by atoms with Gasteiger partial charge in [0.2, 0.25) is 5.91 Å². The molecular formula is C12H18N2O8S. The van der Waals surface area contributed by atoms with E-state index < -0.39 is 39.6 Å². The van der Waals surface area contributed by atoms with E-state index in [0.717, 1.165) is 4.90 Å². The molecule has 1 aliphatic rings. The second-order valence-electron chi connectivity index (χ2n) is 4.80. The molecule has 1 rings (SSSR count). The molecule has 1 aliphatic heterocycles. The molecule has 1 fully saturated rings. The number of hydrogen-bond donors (Lipinski definition) is 1. The van der Waals surface area contributed by atoms with Crippen LogP contribution in [-0.2, 0) is 34.1 Å². The van der Waals surface area contributed by atoms with Crippen LogP contribution in [0.25, 0.3) is 0 Å². The van der Waals surface area contributed by atoms with Crippen molar-refractivity contribution in [2.75, 3.05) is 18.8 Å². The van der Waals surface area contributed by atoms with Crippen molar-refractivity contribution in [2.24, 2.45) is 0 Å². The molecular weight excluding hydrogens is 332 g/mol. The van der Waals surface area contributed by atoms with E-state index in [2.05, 4.69) is 4.84 Å². The summed E-state index contributed by atoms with van der Waals surface area (Å²) in [7, 11) is -4.19. The predicted octanol–water partition coefficient (Wildman–Crippen LogP) is -0.890. The van der Waals surface area contributed by atoms with Gasteiger partial charge in [-0.15, -0.1) is 5.06 Å². The summed E-state index contributed by atoms with van der Waals surface area (Å²) < 4.78 is 30.0. The van der Waals surface area contributed by atoms with E-state index in [4.69, 9.17) is 4.55 Å². The standard InChI is InChI=1S/C12H18N2O8S/c1-2-13(7-8-23(19,20)21)9(15)5-6-12(18)22-14-10(16)3-4-11(14)17/h2-8H2,1H3,(H,19,20,21). The number of carbonyl (C=O) groups excluding carboxylic acids is 4. The van der Waals surface area contributed by atoms with Crippen LogP contribution in [0.4, 0.5) is 0 Å². The summed E-state index contributed by atoms with van der Waals surface area (Å²) in [5.74, 6) is -3.25. The fourth-order valence-electron chi connectivity index (χ4n) is 1.86. The van der Waals surface area contributed by atoms with Crippen molar-refractivity contribution in [3.8, 4) is 0 Å². The number of hydroxylamine groups is 2. The Kier molecular flexibility index (Phi) is 6.63. The average Bonchev–Trinajstić information content (AvgIpc) is 2.76. The average molecular weight is 350 g/mol. The minimum Gasteiger partial charge on any atom is -0.342 e. The third-order valence-corrected chi connectivity index (χ3v) is 3.79.